The monoisotopic (exact) mass is 848 g/mol. The number of aliphatic hydroxyl groups is 8. The van der Waals surface area contributed by atoms with E-state index in [1.807, 2.05) is 0 Å². The molecule has 19 nitrogen and oxygen atoms in total. The summed E-state index contributed by atoms with van der Waals surface area (Å²) in [5, 5.41) is 108. The van der Waals surface area contributed by atoms with Gasteiger partial charge in [0, 0.05) is 18.2 Å². The lowest BCUT2D eigenvalue weighted by atomic mass is 9.99. The lowest BCUT2D eigenvalue weighted by Crippen LogP contribution is -2.60. The van der Waals surface area contributed by atoms with E-state index in [1.54, 1.807) is 12.1 Å². The number of aliphatic hydroxyl groups excluding tert-OH is 8. The first-order valence-electron chi connectivity index (χ1n) is 18.6. The molecule has 2 aliphatic heterocycles. The molecule has 2 fully saturated rings. The number of hydrogen-bond acceptors (Lipinski definition) is 19. The van der Waals surface area contributed by atoms with Crippen LogP contribution in [0.4, 0.5) is 0 Å². The lowest BCUT2D eigenvalue weighted by molar-refractivity contribution is -0.277. The molecule has 0 saturated carbocycles. The van der Waals surface area contributed by atoms with Crippen LogP contribution in [0, 0.1) is 0 Å². The average molecular weight is 849 g/mol. The third-order valence-corrected chi connectivity index (χ3v) is 10.1. The van der Waals surface area contributed by atoms with Crippen molar-refractivity contribution in [3.05, 3.63) is 112 Å². The fourth-order valence-electron chi connectivity index (χ4n) is 6.74. The molecule has 2 aliphatic rings. The van der Waals surface area contributed by atoms with E-state index in [2.05, 4.69) is 0 Å². The summed E-state index contributed by atoms with van der Waals surface area (Å²) in [6, 6.07) is 18.8. The van der Waals surface area contributed by atoms with Gasteiger partial charge in [0.2, 0.25) is 18.0 Å². The van der Waals surface area contributed by atoms with Crippen LogP contribution in [0.5, 0.6) is 28.7 Å². The standard InChI is InChI=1S/C21H20O10.C21H20O9/c22-7-15-18(26)19(27)20(28)21(31-15)30-11-5-13(24)16-14(6-11)29-8-12(17(16)25)9-1-3-10(23)4-2-9;22-8-16-18(25)19(26)20(27)21(30-16)29-12-5-6-13-15(7-12)28-9-14(17(13)24)10-1-3-11(23)4-2-10/h1-6,8,15,18-24,26-28H,7H2;1-7,9,16,18-23,25-27H,8H2/t15-,18-,19+,20-,21-;16-,18-,19+,20-,21?/m11/s1. The van der Waals surface area contributed by atoms with Crippen molar-refractivity contribution in [1.29, 1.82) is 0 Å². The van der Waals surface area contributed by atoms with Crippen molar-refractivity contribution >= 4 is 21.9 Å². The zero-order valence-corrected chi connectivity index (χ0v) is 31.5. The Morgan fingerprint density at radius 1 is 0.508 bits per heavy atom. The third kappa shape index (κ3) is 8.74. The Balaban J connectivity index is 0.000000184. The fourth-order valence-corrected chi connectivity index (χ4v) is 6.74. The smallest absolute Gasteiger partial charge is 0.229 e. The highest BCUT2D eigenvalue weighted by molar-refractivity contribution is 5.88. The van der Waals surface area contributed by atoms with Gasteiger partial charge >= 0.3 is 0 Å². The van der Waals surface area contributed by atoms with E-state index >= 15 is 0 Å². The molecule has 4 heterocycles. The number of rotatable bonds is 8. The Hall–Kier alpha value is -6.10. The molecule has 0 amide bonds. The first kappa shape index (κ1) is 43.0. The predicted molar refractivity (Wildman–Crippen MR) is 210 cm³/mol. The maximum Gasteiger partial charge on any atom is 0.229 e. The van der Waals surface area contributed by atoms with Crippen molar-refractivity contribution in [2.45, 2.75) is 61.4 Å². The normalized spacial score (nSPS) is 26.4. The number of aromatic hydroxyl groups is 3. The van der Waals surface area contributed by atoms with Crippen molar-refractivity contribution in [2.24, 2.45) is 0 Å². The van der Waals surface area contributed by atoms with Crippen LogP contribution >= 0.6 is 0 Å². The van der Waals surface area contributed by atoms with Crippen LogP contribution in [0.3, 0.4) is 0 Å². The molecule has 2 aromatic heterocycles. The molecule has 4 aromatic carbocycles. The van der Waals surface area contributed by atoms with Crippen LogP contribution in [0.2, 0.25) is 0 Å². The van der Waals surface area contributed by atoms with Gasteiger partial charge in [0.1, 0.15) is 107 Å². The minimum atomic E-state index is -1.64. The molecule has 2 saturated heterocycles. The molecular formula is C42H40O19. The van der Waals surface area contributed by atoms with E-state index in [0.717, 1.165) is 6.07 Å². The van der Waals surface area contributed by atoms with Gasteiger partial charge in [-0.1, -0.05) is 24.3 Å². The highest BCUT2D eigenvalue weighted by atomic mass is 16.7. The molecule has 11 N–H and O–H groups in total. The summed E-state index contributed by atoms with van der Waals surface area (Å²) >= 11 is 0. The van der Waals surface area contributed by atoms with Crippen molar-refractivity contribution < 1.29 is 84.0 Å². The van der Waals surface area contributed by atoms with E-state index in [4.69, 9.17) is 27.8 Å². The topological polar surface area (TPSA) is 320 Å². The molecule has 0 aliphatic carbocycles. The van der Waals surface area contributed by atoms with E-state index in [0.29, 0.717) is 22.1 Å². The van der Waals surface area contributed by atoms with Crippen LogP contribution in [-0.4, -0.2) is 131 Å². The van der Waals surface area contributed by atoms with Gasteiger partial charge in [-0.05, 0) is 47.5 Å². The zero-order valence-electron chi connectivity index (χ0n) is 31.5. The molecule has 61 heavy (non-hydrogen) atoms. The maximum atomic E-state index is 12.9. The van der Waals surface area contributed by atoms with Crippen LogP contribution in [-0.2, 0) is 9.47 Å². The molecule has 19 heteroatoms. The Morgan fingerprint density at radius 3 is 1.48 bits per heavy atom. The van der Waals surface area contributed by atoms with Crippen LogP contribution in [0.25, 0.3) is 44.2 Å². The quantitative estimate of drug-likeness (QED) is 0.0987. The Morgan fingerprint density at radius 2 is 0.967 bits per heavy atom. The number of phenolic OH excluding ortho intramolecular Hbond substituents is 3. The van der Waals surface area contributed by atoms with Crippen molar-refractivity contribution in [1.82, 2.24) is 0 Å². The molecule has 6 aromatic rings. The zero-order chi connectivity index (χ0) is 43.7. The van der Waals surface area contributed by atoms with E-state index in [9.17, 15) is 65.8 Å². The summed E-state index contributed by atoms with van der Waals surface area (Å²) in [5.41, 5.74) is 0.997. The Kier molecular flexibility index (Phi) is 12.6. The molecule has 10 atom stereocenters. The van der Waals surface area contributed by atoms with Gasteiger partial charge in [-0.25, -0.2) is 0 Å². The van der Waals surface area contributed by atoms with E-state index in [-0.39, 0.29) is 50.5 Å². The summed E-state index contributed by atoms with van der Waals surface area (Å²) in [6.45, 7) is -1.19. The number of fused-ring (bicyclic) bond motifs is 2. The third-order valence-electron chi connectivity index (χ3n) is 10.1. The minimum Gasteiger partial charge on any atom is -0.508 e. The van der Waals surface area contributed by atoms with Crippen molar-refractivity contribution in [2.75, 3.05) is 13.2 Å². The van der Waals surface area contributed by atoms with Gasteiger partial charge in [-0.2, -0.15) is 0 Å². The second kappa shape index (κ2) is 17.9. The SMILES string of the molecule is O=c1c(-c2ccc(O)cc2)coc2cc(OC3O[C@H](CO)[C@@H](O)[C@H](O)[C@H]3O)ccc12.O=c1c(-c2ccc(O)cc2)coc2cc(O[C@@H]3O[C@H](CO)[C@@H](O)[C@H](O)[C@H]3O)cc(O)c12. The molecule has 1 unspecified atom stereocenters. The van der Waals surface area contributed by atoms with Crippen LogP contribution < -0.4 is 20.3 Å². The van der Waals surface area contributed by atoms with Gasteiger partial charge in [0.05, 0.1) is 29.7 Å². The van der Waals surface area contributed by atoms with Crippen LogP contribution in [0.1, 0.15) is 0 Å². The highest BCUT2D eigenvalue weighted by Gasteiger charge is 2.46. The Labute approximate surface area is 342 Å². The molecule has 0 radical (unpaired) electrons. The first-order valence-corrected chi connectivity index (χ1v) is 18.6. The maximum absolute atomic E-state index is 12.9. The summed E-state index contributed by atoms with van der Waals surface area (Å²) in [6.07, 6.45) is -12.0. The number of phenols is 3. The van der Waals surface area contributed by atoms with E-state index < -0.39 is 85.8 Å². The summed E-state index contributed by atoms with van der Waals surface area (Å²) in [4.78, 5) is 25.7. The minimum absolute atomic E-state index is 0.00730. The fraction of sp³-hybridized carbons (Fsp3) is 0.286. The summed E-state index contributed by atoms with van der Waals surface area (Å²) in [5.74, 6) is -0.195. The first-order chi connectivity index (χ1) is 29.2. The number of benzene rings is 4. The molecule has 8 rings (SSSR count). The molecule has 322 valence electrons. The van der Waals surface area contributed by atoms with Crippen LogP contribution in [0.15, 0.2) is 110 Å². The van der Waals surface area contributed by atoms with Gasteiger partial charge in [0.15, 0.2) is 5.43 Å². The van der Waals surface area contributed by atoms with Gasteiger partial charge < -0.3 is 84.0 Å². The number of ether oxygens (including phenoxy) is 4. The largest absolute Gasteiger partial charge is 0.508 e. The second-order valence-corrected chi connectivity index (χ2v) is 14.2. The molecule has 0 spiro atoms. The second-order valence-electron chi connectivity index (χ2n) is 14.2. The van der Waals surface area contributed by atoms with E-state index in [1.165, 1.54) is 73.2 Å². The van der Waals surface area contributed by atoms with Crippen molar-refractivity contribution in [3.63, 3.8) is 0 Å². The Bertz CT molecular complexity index is 2590. The predicted octanol–water partition coefficient (Wildman–Crippen LogP) is 0.394. The summed E-state index contributed by atoms with van der Waals surface area (Å²) in [7, 11) is 0. The van der Waals surface area contributed by atoms with Gasteiger partial charge in [0.25, 0.3) is 0 Å². The number of hydrogen-bond donors (Lipinski definition) is 11. The van der Waals surface area contributed by atoms with Crippen molar-refractivity contribution in [3.8, 4) is 51.0 Å². The summed E-state index contributed by atoms with van der Waals surface area (Å²) < 4.78 is 32.7. The average Bonchev–Trinajstić information content (AvgIpc) is 3.25. The molecular weight excluding hydrogens is 808 g/mol. The highest BCUT2D eigenvalue weighted by Crippen LogP contribution is 2.33. The van der Waals surface area contributed by atoms with Gasteiger partial charge in [-0.15, -0.1) is 0 Å². The van der Waals surface area contributed by atoms with Gasteiger partial charge in [-0.3, -0.25) is 9.59 Å². The lowest BCUT2D eigenvalue weighted by Gasteiger charge is -2.39. The molecule has 0 bridgehead atoms.